The Kier molecular flexibility index (Phi) is 6.23. The summed E-state index contributed by atoms with van der Waals surface area (Å²) in [5.41, 5.74) is 8.50. The molecule has 1 unspecified atom stereocenters. The van der Waals surface area contributed by atoms with Gasteiger partial charge in [0.05, 0.1) is 0 Å². The highest BCUT2D eigenvalue weighted by Gasteiger charge is 2.62. The van der Waals surface area contributed by atoms with Gasteiger partial charge in [0.25, 0.3) is 0 Å². The van der Waals surface area contributed by atoms with Crippen LogP contribution in [-0.2, 0) is 20.9 Å². The quantitative estimate of drug-likeness (QED) is 0.203. The summed E-state index contributed by atoms with van der Waals surface area (Å²) < 4.78 is 5.49. The Morgan fingerprint density at radius 3 is 2.82 bits per heavy atom. The Labute approximate surface area is 162 Å². The molecule has 10 heteroatoms. The van der Waals surface area contributed by atoms with E-state index in [0.717, 1.165) is 5.56 Å². The van der Waals surface area contributed by atoms with Crippen molar-refractivity contribution in [3.05, 3.63) is 46.3 Å². The summed E-state index contributed by atoms with van der Waals surface area (Å²) in [4.78, 5) is 28.3. The summed E-state index contributed by atoms with van der Waals surface area (Å²) in [5, 5.41) is 24.9. The second-order valence-corrected chi connectivity index (χ2v) is 7.43. The van der Waals surface area contributed by atoms with E-state index in [2.05, 4.69) is 15.3 Å². The first-order valence-corrected chi connectivity index (χ1v) is 9.39. The summed E-state index contributed by atoms with van der Waals surface area (Å²) in [6, 6.07) is 9.17. The van der Waals surface area contributed by atoms with Crippen LogP contribution in [0.1, 0.15) is 24.8 Å². The van der Waals surface area contributed by atoms with Crippen LogP contribution in [0.3, 0.4) is 0 Å². The molecule has 4 atom stereocenters. The third-order valence-corrected chi connectivity index (χ3v) is 5.74. The van der Waals surface area contributed by atoms with E-state index in [1.165, 1.54) is 0 Å². The Balaban J connectivity index is 1.83. The Morgan fingerprint density at radius 1 is 1.39 bits per heavy atom. The Bertz CT molecular complexity index is 770. The van der Waals surface area contributed by atoms with Gasteiger partial charge in [-0.1, -0.05) is 41.9 Å². The first-order chi connectivity index (χ1) is 13.5. The van der Waals surface area contributed by atoms with E-state index in [1.807, 2.05) is 30.3 Å². The number of esters is 1. The molecule has 1 aliphatic carbocycles. The minimum absolute atomic E-state index is 0.0476. The van der Waals surface area contributed by atoms with Crippen LogP contribution in [0, 0.1) is 17.8 Å². The third-order valence-electron chi connectivity index (χ3n) is 5.74. The monoisotopic (exact) mass is 386 g/mol. The predicted molar refractivity (Wildman–Crippen MR) is 100 cm³/mol. The van der Waals surface area contributed by atoms with Crippen LogP contribution >= 0.6 is 0 Å². The fourth-order valence-electron chi connectivity index (χ4n) is 4.51. The molecule has 1 heterocycles. The summed E-state index contributed by atoms with van der Waals surface area (Å²) in [6.45, 7) is 0.475. The Hall–Kier alpha value is -2.55. The van der Waals surface area contributed by atoms with Crippen LogP contribution in [0.2, 0.25) is 6.32 Å². The number of hydrogen-bond donors (Lipinski definition) is 3. The molecule has 148 valence electrons. The molecule has 2 fully saturated rings. The van der Waals surface area contributed by atoms with Crippen molar-refractivity contribution in [1.29, 1.82) is 0 Å². The second-order valence-electron chi connectivity index (χ2n) is 7.43. The van der Waals surface area contributed by atoms with Gasteiger partial charge in [0, 0.05) is 17.4 Å². The molecule has 9 nitrogen and oxygen atoms in total. The highest BCUT2D eigenvalue weighted by Crippen LogP contribution is 2.51. The SMILES string of the molecule is [N-]=[N+]=NC1(C(=O)OCc2ccccc2)C[C@H]2CNC(=O)[C@H]2[C@@H]1CCCB(O)O. The van der Waals surface area contributed by atoms with Crippen molar-refractivity contribution in [1.82, 2.24) is 5.32 Å². The molecule has 28 heavy (non-hydrogen) atoms. The fraction of sp³-hybridized carbons (Fsp3) is 0.556. The van der Waals surface area contributed by atoms with Crippen LogP contribution in [-0.4, -0.2) is 41.1 Å². The van der Waals surface area contributed by atoms with Crippen molar-refractivity contribution in [3.8, 4) is 0 Å². The molecular formula is C18H23BN4O5. The van der Waals surface area contributed by atoms with E-state index in [0.29, 0.717) is 19.4 Å². The van der Waals surface area contributed by atoms with E-state index in [4.69, 9.17) is 20.3 Å². The molecular weight excluding hydrogens is 363 g/mol. The summed E-state index contributed by atoms with van der Waals surface area (Å²) in [5.74, 6) is -1.91. The topological polar surface area (TPSA) is 145 Å². The highest BCUT2D eigenvalue weighted by atomic mass is 16.5. The van der Waals surface area contributed by atoms with E-state index in [1.54, 1.807) is 0 Å². The summed E-state index contributed by atoms with van der Waals surface area (Å²) in [7, 11) is -1.46. The van der Waals surface area contributed by atoms with E-state index in [-0.39, 0.29) is 31.2 Å². The van der Waals surface area contributed by atoms with Gasteiger partial charge in [0.1, 0.15) is 12.1 Å². The molecule has 1 amide bonds. The summed E-state index contributed by atoms with van der Waals surface area (Å²) in [6.07, 6.45) is 1.08. The predicted octanol–water partition coefficient (Wildman–Crippen LogP) is 1.41. The van der Waals surface area contributed by atoms with Crippen LogP contribution in [0.15, 0.2) is 35.4 Å². The van der Waals surface area contributed by atoms with Gasteiger partial charge in [0.2, 0.25) is 5.91 Å². The second kappa shape index (κ2) is 8.64. The lowest BCUT2D eigenvalue weighted by atomic mass is 9.76. The van der Waals surface area contributed by atoms with Crippen LogP contribution in [0.25, 0.3) is 10.4 Å². The standard InChI is InChI=1S/C18H23BN4O5/c20-23-22-18(17(25)28-11-12-5-2-1-3-6-12)9-13-10-21-16(24)15(13)14(18)7-4-8-19(26)27/h1-3,5-6,13-15,26-27H,4,7-11H2,(H,21,24)/t13-,14-,15+,18?/m0/s1. The first kappa shape index (κ1) is 20.2. The van der Waals surface area contributed by atoms with E-state index >= 15 is 0 Å². The zero-order valence-corrected chi connectivity index (χ0v) is 15.4. The largest absolute Gasteiger partial charge is 0.460 e. The molecule has 0 spiro atoms. The van der Waals surface area contributed by atoms with Crippen molar-refractivity contribution in [3.63, 3.8) is 0 Å². The minimum atomic E-state index is -1.46. The number of carbonyl (C=O) groups is 2. The number of ether oxygens (including phenoxy) is 1. The number of carbonyl (C=O) groups excluding carboxylic acids is 2. The smallest absolute Gasteiger partial charge is 0.451 e. The van der Waals surface area contributed by atoms with Gasteiger partial charge in [0.15, 0.2) is 0 Å². The Morgan fingerprint density at radius 2 is 2.14 bits per heavy atom. The van der Waals surface area contributed by atoms with Crippen molar-refractivity contribution in [2.45, 2.75) is 37.7 Å². The van der Waals surface area contributed by atoms with Gasteiger partial charge < -0.3 is 20.1 Å². The average molecular weight is 386 g/mol. The maximum Gasteiger partial charge on any atom is 0.451 e. The zero-order chi connectivity index (χ0) is 20.1. The molecule has 0 aromatic heterocycles. The molecule has 0 bridgehead atoms. The number of rotatable bonds is 8. The number of amides is 1. The number of azide groups is 1. The van der Waals surface area contributed by atoms with Crippen LogP contribution in [0.4, 0.5) is 0 Å². The van der Waals surface area contributed by atoms with Gasteiger partial charge in [-0.3, -0.25) is 9.59 Å². The number of fused-ring (bicyclic) bond motifs is 1. The van der Waals surface area contributed by atoms with E-state index in [9.17, 15) is 9.59 Å². The lowest BCUT2D eigenvalue weighted by molar-refractivity contribution is -0.153. The van der Waals surface area contributed by atoms with Crippen LogP contribution < -0.4 is 5.32 Å². The lowest BCUT2D eigenvalue weighted by Gasteiger charge is -2.31. The average Bonchev–Trinajstić information content (AvgIpc) is 3.18. The molecule has 0 radical (unpaired) electrons. The fourth-order valence-corrected chi connectivity index (χ4v) is 4.51. The maximum absolute atomic E-state index is 13.1. The first-order valence-electron chi connectivity index (χ1n) is 9.39. The molecule has 1 aliphatic heterocycles. The number of hydrogen-bond acceptors (Lipinski definition) is 6. The number of nitrogens with zero attached hydrogens (tertiary/aromatic N) is 3. The molecule has 1 saturated carbocycles. The maximum atomic E-state index is 13.1. The van der Waals surface area contributed by atoms with Crippen LogP contribution in [0.5, 0.6) is 0 Å². The minimum Gasteiger partial charge on any atom is -0.460 e. The van der Waals surface area contributed by atoms with Crippen molar-refractivity contribution < 1.29 is 24.4 Å². The number of nitrogens with one attached hydrogen (secondary N) is 1. The molecule has 2 aliphatic rings. The third kappa shape index (κ3) is 3.99. The lowest BCUT2D eigenvalue weighted by Crippen LogP contribution is -2.45. The van der Waals surface area contributed by atoms with Gasteiger partial charge in [-0.2, -0.15) is 0 Å². The molecule has 1 saturated heterocycles. The highest BCUT2D eigenvalue weighted by molar-refractivity contribution is 6.40. The molecule has 1 aromatic carbocycles. The van der Waals surface area contributed by atoms with Gasteiger partial charge in [-0.05, 0) is 42.1 Å². The van der Waals surface area contributed by atoms with Crippen molar-refractivity contribution in [2.24, 2.45) is 22.9 Å². The van der Waals surface area contributed by atoms with Crippen molar-refractivity contribution >= 4 is 19.0 Å². The van der Waals surface area contributed by atoms with Gasteiger partial charge in [-0.15, -0.1) is 0 Å². The van der Waals surface area contributed by atoms with E-state index < -0.39 is 30.5 Å². The normalized spacial score (nSPS) is 28.2. The summed E-state index contributed by atoms with van der Waals surface area (Å²) >= 11 is 0. The van der Waals surface area contributed by atoms with Crippen molar-refractivity contribution in [2.75, 3.05) is 6.54 Å². The molecule has 3 N–H and O–H groups in total. The van der Waals surface area contributed by atoms with Gasteiger partial charge >= 0.3 is 13.1 Å². The molecule has 1 aromatic rings. The van der Waals surface area contributed by atoms with Gasteiger partial charge in [-0.25, -0.2) is 0 Å². The zero-order valence-electron chi connectivity index (χ0n) is 15.4. The number of benzene rings is 1. The molecule has 3 rings (SSSR count).